The van der Waals surface area contributed by atoms with Gasteiger partial charge in [0.15, 0.2) is 0 Å². The number of carbonyl (C=O) groups excluding carboxylic acids is 1. The van der Waals surface area contributed by atoms with Gasteiger partial charge in [-0.1, -0.05) is 58.0 Å². The Hall–Kier alpha value is 0.590. The van der Waals surface area contributed by atoms with Gasteiger partial charge in [-0.3, -0.25) is 4.79 Å². The van der Waals surface area contributed by atoms with Gasteiger partial charge in [0.05, 0.1) is 9.34 Å². The molecular formula is C11H20Br2O2. The Morgan fingerprint density at radius 2 is 2.00 bits per heavy atom. The number of hydrogen-bond acceptors (Lipinski definition) is 2. The predicted octanol–water partition coefficient (Wildman–Crippen LogP) is 3.78. The average Bonchev–Trinajstić information content (AvgIpc) is 2.00. The normalized spacial score (nSPS) is 13.9. The predicted molar refractivity (Wildman–Crippen MR) is 70.6 cm³/mol. The highest BCUT2D eigenvalue weighted by molar-refractivity contribution is 9.25. The molecule has 0 fully saturated rings. The second kappa shape index (κ2) is 7.80. The topological polar surface area (TPSA) is 37.3 Å². The molecule has 90 valence electrons. The van der Waals surface area contributed by atoms with Crippen LogP contribution in [0.4, 0.5) is 0 Å². The van der Waals surface area contributed by atoms with Gasteiger partial charge in [0.2, 0.25) is 0 Å². The number of unbranched alkanes of at least 4 members (excludes halogenated alkanes) is 2. The molecule has 0 aromatic rings. The lowest BCUT2D eigenvalue weighted by molar-refractivity contribution is -0.118. The van der Waals surface area contributed by atoms with E-state index < -0.39 is 6.10 Å². The Bertz CT molecular complexity index is 193. The summed E-state index contributed by atoms with van der Waals surface area (Å²) in [5, 5.41) is 9.63. The Morgan fingerprint density at radius 1 is 1.40 bits per heavy atom. The highest BCUT2D eigenvalue weighted by Gasteiger charge is 2.26. The molecule has 1 unspecified atom stereocenters. The van der Waals surface area contributed by atoms with E-state index in [4.69, 9.17) is 0 Å². The van der Waals surface area contributed by atoms with Gasteiger partial charge in [0.1, 0.15) is 5.78 Å². The third-order valence-electron chi connectivity index (χ3n) is 2.20. The van der Waals surface area contributed by atoms with E-state index in [0.29, 0.717) is 6.42 Å². The fourth-order valence-electron chi connectivity index (χ4n) is 1.48. The summed E-state index contributed by atoms with van der Waals surface area (Å²) >= 11 is 7.10. The summed E-state index contributed by atoms with van der Waals surface area (Å²) in [6, 6.07) is 0. The lowest BCUT2D eigenvalue weighted by atomic mass is 10.0. The Morgan fingerprint density at radius 3 is 2.47 bits per heavy atom. The van der Waals surface area contributed by atoms with E-state index in [1.165, 1.54) is 19.8 Å². The number of alkyl halides is 2. The van der Waals surface area contributed by atoms with Crippen LogP contribution in [0, 0.1) is 0 Å². The highest BCUT2D eigenvalue weighted by Crippen LogP contribution is 2.37. The highest BCUT2D eigenvalue weighted by atomic mass is 79.9. The SMILES string of the molecule is CCCCCC(Br)(Br)CC(O)CC(C)=O. The zero-order chi connectivity index (χ0) is 11.9. The number of ketones is 1. The molecule has 4 heteroatoms. The van der Waals surface area contributed by atoms with Crippen molar-refractivity contribution in [3.63, 3.8) is 0 Å². The second-order valence-electron chi connectivity index (χ2n) is 4.08. The Balaban J connectivity index is 3.84. The van der Waals surface area contributed by atoms with Gasteiger partial charge in [0, 0.05) is 6.42 Å². The maximum absolute atomic E-state index is 10.8. The van der Waals surface area contributed by atoms with Gasteiger partial charge >= 0.3 is 0 Å². The molecule has 0 aliphatic heterocycles. The van der Waals surface area contributed by atoms with Crippen molar-refractivity contribution in [1.29, 1.82) is 0 Å². The van der Waals surface area contributed by atoms with Crippen molar-refractivity contribution in [3.8, 4) is 0 Å². The number of Topliss-reactive ketones (excluding diaryl/α,β-unsaturated/α-hetero) is 1. The number of rotatable bonds is 8. The van der Waals surface area contributed by atoms with Crippen molar-refractivity contribution in [1.82, 2.24) is 0 Å². The fraction of sp³-hybridized carbons (Fsp3) is 0.909. The molecule has 0 saturated carbocycles. The third kappa shape index (κ3) is 9.52. The molecule has 2 nitrogen and oxygen atoms in total. The molecular weight excluding hydrogens is 324 g/mol. The van der Waals surface area contributed by atoms with Crippen molar-refractivity contribution in [3.05, 3.63) is 0 Å². The van der Waals surface area contributed by atoms with Crippen molar-refractivity contribution >= 4 is 37.6 Å². The van der Waals surface area contributed by atoms with Crippen LogP contribution in [0.25, 0.3) is 0 Å². The zero-order valence-electron chi connectivity index (χ0n) is 9.43. The summed E-state index contributed by atoms with van der Waals surface area (Å²) in [4.78, 5) is 10.8. The van der Waals surface area contributed by atoms with E-state index >= 15 is 0 Å². The van der Waals surface area contributed by atoms with Gasteiger partial charge in [-0.2, -0.15) is 0 Å². The number of hydrogen-bond donors (Lipinski definition) is 1. The molecule has 1 N–H and O–H groups in total. The van der Waals surface area contributed by atoms with Crippen LogP contribution in [0.2, 0.25) is 0 Å². The molecule has 0 aliphatic rings. The van der Waals surface area contributed by atoms with Crippen molar-refractivity contribution in [2.45, 2.75) is 61.7 Å². The summed E-state index contributed by atoms with van der Waals surface area (Å²) in [7, 11) is 0. The molecule has 0 radical (unpaired) electrons. The van der Waals surface area contributed by atoms with Gasteiger partial charge in [-0.15, -0.1) is 0 Å². The molecule has 0 aliphatic carbocycles. The maximum Gasteiger partial charge on any atom is 0.132 e. The van der Waals surface area contributed by atoms with Crippen molar-refractivity contribution in [2.75, 3.05) is 0 Å². The zero-order valence-corrected chi connectivity index (χ0v) is 12.6. The van der Waals surface area contributed by atoms with Crippen molar-refractivity contribution < 1.29 is 9.90 Å². The van der Waals surface area contributed by atoms with Crippen LogP contribution < -0.4 is 0 Å². The molecule has 0 aromatic heterocycles. The first-order valence-electron chi connectivity index (χ1n) is 5.42. The molecule has 0 aromatic carbocycles. The summed E-state index contributed by atoms with van der Waals surface area (Å²) < 4.78 is -0.218. The maximum atomic E-state index is 10.8. The van der Waals surface area contributed by atoms with E-state index in [0.717, 1.165) is 12.8 Å². The largest absolute Gasteiger partial charge is 0.393 e. The third-order valence-corrected chi connectivity index (χ3v) is 3.64. The van der Waals surface area contributed by atoms with E-state index in [1.54, 1.807) is 0 Å². The number of aliphatic hydroxyl groups is 1. The van der Waals surface area contributed by atoms with Crippen LogP contribution in [0.15, 0.2) is 0 Å². The molecule has 0 amide bonds. The number of aliphatic hydroxyl groups excluding tert-OH is 1. The van der Waals surface area contributed by atoms with Crippen LogP contribution >= 0.6 is 31.9 Å². The lowest BCUT2D eigenvalue weighted by Gasteiger charge is -2.23. The molecule has 0 heterocycles. The number of carbonyl (C=O) groups is 1. The Labute approximate surface area is 109 Å². The van der Waals surface area contributed by atoms with Gasteiger partial charge in [-0.25, -0.2) is 0 Å². The van der Waals surface area contributed by atoms with Crippen LogP contribution in [0.3, 0.4) is 0 Å². The first kappa shape index (κ1) is 15.6. The van der Waals surface area contributed by atoms with Gasteiger partial charge in [0.25, 0.3) is 0 Å². The van der Waals surface area contributed by atoms with Crippen LogP contribution in [-0.2, 0) is 4.79 Å². The van der Waals surface area contributed by atoms with E-state index in [1.807, 2.05) is 0 Å². The van der Waals surface area contributed by atoms with Crippen LogP contribution in [0.5, 0.6) is 0 Å². The standard InChI is InChI=1S/C11H20Br2O2/c1-3-4-5-6-11(12,13)8-10(15)7-9(2)14/h10,15H,3-8H2,1-2H3. The number of halogens is 2. The molecule has 0 saturated heterocycles. The fourth-order valence-corrected chi connectivity index (χ4v) is 2.79. The van der Waals surface area contributed by atoms with Gasteiger partial charge in [-0.05, 0) is 19.8 Å². The quantitative estimate of drug-likeness (QED) is 0.538. The smallest absolute Gasteiger partial charge is 0.132 e. The van der Waals surface area contributed by atoms with Crippen LogP contribution in [-0.4, -0.2) is 20.2 Å². The summed E-state index contributed by atoms with van der Waals surface area (Å²) in [6.45, 7) is 3.67. The second-order valence-corrected chi connectivity index (χ2v) is 8.18. The molecule has 0 rings (SSSR count). The average molecular weight is 344 g/mol. The molecule has 1 atom stereocenters. The monoisotopic (exact) mass is 342 g/mol. The minimum atomic E-state index is -0.553. The molecule has 0 bridgehead atoms. The molecule has 15 heavy (non-hydrogen) atoms. The van der Waals surface area contributed by atoms with Crippen LogP contribution in [0.1, 0.15) is 52.4 Å². The van der Waals surface area contributed by atoms with Gasteiger partial charge < -0.3 is 5.11 Å². The van der Waals surface area contributed by atoms with E-state index in [9.17, 15) is 9.90 Å². The first-order valence-corrected chi connectivity index (χ1v) is 7.01. The van der Waals surface area contributed by atoms with Crippen molar-refractivity contribution in [2.24, 2.45) is 0 Å². The summed E-state index contributed by atoms with van der Waals surface area (Å²) in [5.41, 5.74) is 0. The minimum absolute atomic E-state index is 0.0341. The summed E-state index contributed by atoms with van der Waals surface area (Å²) in [5.74, 6) is 0.0341. The Kier molecular flexibility index (Phi) is 8.10. The first-order chi connectivity index (χ1) is 6.87. The van der Waals surface area contributed by atoms with E-state index in [-0.39, 0.29) is 15.4 Å². The lowest BCUT2D eigenvalue weighted by Crippen LogP contribution is -2.22. The van der Waals surface area contributed by atoms with E-state index in [2.05, 4.69) is 38.8 Å². The molecule has 0 spiro atoms. The summed E-state index contributed by atoms with van der Waals surface area (Å²) in [6.07, 6.45) is 4.73. The minimum Gasteiger partial charge on any atom is -0.393 e.